The van der Waals surface area contributed by atoms with Crippen molar-refractivity contribution < 1.29 is 4.74 Å². The number of rotatable bonds is 3. The maximum Gasteiger partial charge on any atom is 0.0655 e. The van der Waals surface area contributed by atoms with Gasteiger partial charge >= 0.3 is 0 Å². The third-order valence-electron chi connectivity index (χ3n) is 3.23. The van der Waals surface area contributed by atoms with Crippen LogP contribution in [0.25, 0.3) is 0 Å². The monoisotopic (exact) mass is 220 g/mol. The van der Waals surface area contributed by atoms with Gasteiger partial charge in [-0.3, -0.25) is 0 Å². The van der Waals surface area contributed by atoms with Crippen LogP contribution in [0.4, 0.5) is 5.69 Å². The second-order valence-electron chi connectivity index (χ2n) is 4.48. The lowest BCUT2D eigenvalue weighted by Crippen LogP contribution is -2.25. The lowest BCUT2D eigenvalue weighted by Gasteiger charge is -2.28. The minimum absolute atomic E-state index is 0.0115. The van der Waals surface area contributed by atoms with Gasteiger partial charge in [-0.25, -0.2) is 0 Å². The van der Waals surface area contributed by atoms with Crippen molar-refractivity contribution in [1.29, 1.82) is 0 Å². The number of hydrogen-bond acceptors (Lipinski definition) is 3. The molecule has 1 aliphatic rings. The predicted molar refractivity (Wildman–Crippen MR) is 66.8 cm³/mol. The topological polar surface area (TPSA) is 38.5 Å². The Hall–Kier alpha value is -1.06. The zero-order valence-corrected chi connectivity index (χ0v) is 10.1. The molecule has 88 valence electrons. The van der Waals surface area contributed by atoms with E-state index < -0.39 is 0 Å². The van der Waals surface area contributed by atoms with Gasteiger partial charge in [0, 0.05) is 26.4 Å². The number of anilines is 1. The fourth-order valence-corrected chi connectivity index (χ4v) is 2.31. The van der Waals surface area contributed by atoms with Crippen LogP contribution in [-0.2, 0) is 11.2 Å². The lowest BCUT2D eigenvalue weighted by atomic mass is 9.97. The normalized spacial score (nSPS) is 17.1. The van der Waals surface area contributed by atoms with E-state index in [0.29, 0.717) is 6.61 Å². The van der Waals surface area contributed by atoms with E-state index in [2.05, 4.69) is 30.1 Å². The highest BCUT2D eigenvalue weighted by atomic mass is 16.5. The Labute approximate surface area is 97.2 Å². The van der Waals surface area contributed by atoms with E-state index in [9.17, 15) is 0 Å². The van der Waals surface area contributed by atoms with E-state index >= 15 is 0 Å². The molecule has 0 saturated heterocycles. The quantitative estimate of drug-likeness (QED) is 0.843. The van der Waals surface area contributed by atoms with Crippen LogP contribution < -0.4 is 10.6 Å². The van der Waals surface area contributed by atoms with Gasteiger partial charge in [0.2, 0.25) is 0 Å². The van der Waals surface area contributed by atoms with Gasteiger partial charge in [0.25, 0.3) is 0 Å². The van der Waals surface area contributed by atoms with Crippen LogP contribution in [0.3, 0.4) is 0 Å². The minimum Gasteiger partial charge on any atom is -0.383 e. The molecule has 0 aliphatic carbocycles. The van der Waals surface area contributed by atoms with Crippen molar-refractivity contribution in [2.45, 2.75) is 18.9 Å². The van der Waals surface area contributed by atoms with Crippen LogP contribution in [0.1, 0.15) is 23.6 Å². The Kier molecular flexibility index (Phi) is 3.46. The Morgan fingerprint density at radius 3 is 3.06 bits per heavy atom. The largest absolute Gasteiger partial charge is 0.383 e. The number of nitrogens with zero attached hydrogens (tertiary/aromatic N) is 1. The highest BCUT2D eigenvalue weighted by Gasteiger charge is 2.15. The molecule has 2 N–H and O–H groups in total. The standard InChI is InChI=1S/C13H20N2O/c1-15-7-3-4-11-8-10(5-6-13(11)15)12(14)9-16-2/h5-6,8,12H,3-4,7,9,14H2,1-2H3. The number of hydrogen-bond donors (Lipinski definition) is 1. The first kappa shape index (κ1) is 11.4. The molecule has 0 saturated carbocycles. The molecule has 0 aromatic heterocycles. The second kappa shape index (κ2) is 4.85. The van der Waals surface area contributed by atoms with E-state index in [1.165, 1.54) is 23.2 Å². The van der Waals surface area contributed by atoms with Crippen LogP contribution >= 0.6 is 0 Å². The third-order valence-corrected chi connectivity index (χ3v) is 3.23. The molecular weight excluding hydrogens is 200 g/mol. The van der Waals surface area contributed by atoms with Crippen molar-refractivity contribution in [2.75, 3.05) is 32.2 Å². The highest BCUT2D eigenvalue weighted by Crippen LogP contribution is 2.28. The van der Waals surface area contributed by atoms with Crippen molar-refractivity contribution in [3.05, 3.63) is 29.3 Å². The molecule has 0 spiro atoms. The van der Waals surface area contributed by atoms with Gasteiger partial charge in [0.15, 0.2) is 0 Å². The molecule has 2 rings (SSSR count). The Balaban J connectivity index is 2.24. The van der Waals surface area contributed by atoms with Crippen LogP contribution in [0.5, 0.6) is 0 Å². The summed E-state index contributed by atoms with van der Waals surface area (Å²) in [5, 5.41) is 0. The van der Waals surface area contributed by atoms with Crippen LogP contribution in [0.15, 0.2) is 18.2 Å². The van der Waals surface area contributed by atoms with Crippen LogP contribution in [0, 0.1) is 0 Å². The summed E-state index contributed by atoms with van der Waals surface area (Å²) in [5.41, 5.74) is 9.97. The molecule has 1 unspecified atom stereocenters. The van der Waals surface area contributed by atoms with Gasteiger partial charge in [-0.2, -0.15) is 0 Å². The maximum absolute atomic E-state index is 6.03. The number of benzene rings is 1. The van der Waals surface area contributed by atoms with Crippen LogP contribution in [-0.4, -0.2) is 27.3 Å². The fourth-order valence-electron chi connectivity index (χ4n) is 2.31. The molecule has 0 fully saturated rings. The lowest BCUT2D eigenvalue weighted by molar-refractivity contribution is 0.181. The molecule has 16 heavy (non-hydrogen) atoms. The Bertz CT molecular complexity index is 365. The SMILES string of the molecule is COCC(N)c1ccc2c(c1)CCCN2C. The number of aryl methyl sites for hydroxylation is 1. The van der Waals surface area contributed by atoms with Crippen molar-refractivity contribution in [3.8, 4) is 0 Å². The molecule has 0 radical (unpaired) electrons. The average Bonchev–Trinajstić information content (AvgIpc) is 2.29. The van der Waals surface area contributed by atoms with Gasteiger partial charge in [-0.05, 0) is 30.0 Å². The van der Waals surface area contributed by atoms with E-state index in [1.54, 1.807) is 7.11 Å². The molecule has 1 aromatic rings. The number of nitrogens with two attached hydrogens (primary N) is 1. The van der Waals surface area contributed by atoms with Crippen LogP contribution in [0.2, 0.25) is 0 Å². The third kappa shape index (κ3) is 2.20. The second-order valence-corrected chi connectivity index (χ2v) is 4.48. The van der Waals surface area contributed by atoms with E-state index in [-0.39, 0.29) is 6.04 Å². The van der Waals surface area contributed by atoms with Crippen molar-refractivity contribution in [3.63, 3.8) is 0 Å². The van der Waals surface area contributed by atoms with Gasteiger partial charge in [-0.1, -0.05) is 12.1 Å². The van der Waals surface area contributed by atoms with Gasteiger partial charge in [0.05, 0.1) is 12.6 Å². The molecule has 3 heteroatoms. The summed E-state index contributed by atoms with van der Waals surface area (Å²) in [7, 11) is 3.83. The smallest absolute Gasteiger partial charge is 0.0655 e. The predicted octanol–water partition coefficient (Wildman–Crippen LogP) is 1.72. The number of fused-ring (bicyclic) bond motifs is 1. The fraction of sp³-hybridized carbons (Fsp3) is 0.538. The van der Waals surface area contributed by atoms with E-state index in [4.69, 9.17) is 10.5 Å². The minimum atomic E-state index is -0.0115. The molecular formula is C13H20N2O. The number of methoxy groups -OCH3 is 1. The summed E-state index contributed by atoms with van der Waals surface area (Å²) >= 11 is 0. The molecule has 0 amide bonds. The highest BCUT2D eigenvalue weighted by molar-refractivity contribution is 5.56. The molecule has 1 aromatic carbocycles. The summed E-state index contributed by atoms with van der Waals surface area (Å²) < 4.78 is 5.09. The first-order valence-electron chi connectivity index (χ1n) is 5.81. The first-order valence-corrected chi connectivity index (χ1v) is 5.81. The summed E-state index contributed by atoms with van der Waals surface area (Å²) in [4.78, 5) is 2.31. The maximum atomic E-state index is 6.03. The molecule has 1 heterocycles. The summed E-state index contributed by atoms with van der Waals surface area (Å²) in [6.07, 6.45) is 2.39. The summed E-state index contributed by atoms with van der Waals surface area (Å²) in [6.45, 7) is 1.73. The Morgan fingerprint density at radius 2 is 2.31 bits per heavy atom. The van der Waals surface area contributed by atoms with Gasteiger partial charge in [-0.15, -0.1) is 0 Å². The molecule has 1 atom stereocenters. The van der Waals surface area contributed by atoms with Gasteiger partial charge in [0.1, 0.15) is 0 Å². The molecule has 3 nitrogen and oxygen atoms in total. The average molecular weight is 220 g/mol. The summed E-state index contributed by atoms with van der Waals surface area (Å²) in [5.74, 6) is 0. The van der Waals surface area contributed by atoms with Gasteiger partial charge < -0.3 is 15.4 Å². The van der Waals surface area contributed by atoms with Crippen molar-refractivity contribution >= 4 is 5.69 Å². The van der Waals surface area contributed by atoms with E-state index in [0.717, 1.165) is 13.0 Å². The Morgan fingerprint density at radius 1 is 1.50 bits per heavy atom. The van der Waals surface area contributed by atoms with E-state index in [1.807, 2.05) is 0 Å². The summed E-state index contributed by atoms with van der Waals surface area (Å²) in [6, 6.07) is 6.51. The zero-order chi connectivity index (χ0) is 11.5. The van der Waals surface area contributed by atoms with Crippen molar-refractivity contribution in [1.82, 2.24) is 0 Å². The van der Waals surface area contributed by atoms with Crippen molar-refractivity contribution in [2.24, 2.45) is 5.73 Å². The molecule has 0 bridgehead atoms. The number of ether oxygens (including phenoxy) is 1. The zero-order valence-electron chi connectivity index (χ0n) is 10.1. The molecule has 1 aliphatic heterocycles. The first-order chi connectivity index (χ1) is 7.72.